The van der Waals surface area contributed by atoms with Crippen LogP contribution in [0.2, 0.25) is 0 Å². The van der Waals surface area contributed by atoms with E-state index in [4.69, 9.17) is 0 Å². The highest BCUT2D eigenvalue weighted by atomic mass is 19.0. The zero-order valence-electron chi connectivity index (χ0n) is 5.26. The van der Waals surface area contributed by atoms with Crippen molar-refractivity contribution in [2.24, 2.45) is 0 Å². The van der Waals surface area contributed by atoms with Gasteiger partial charge in [-0.05, 0) is 12.1 Å². The lowest BCUT2D eigenvalue weighted by Crippen LogP contribution is -3.00. The number of anilines is 1. The zero-order chi connectivity index (χ0) is 5.82. The Balaban J connectivity index is 0.000000640. The van der Waals surface area contributed by atoms with Gasteiger partial charge >= 0.3 is 0 Å². The Morgan fingerprint density at radius 2 is 1.67 bits per heavy atom. The van der Waals surface area contributed by atoms with Gasteiger partial charge in [0.1, 0.15) is 0 Å². The molecule has 0 radical (unpaired) electrons. The predicted octanol–water partition coefficient (Wildman–Crippen LogP) is -1.27. The standard InChI is InChI=1S/C7H9N.FH/c1-8-7-5-3-2-4-6-7;/h2-6,8H,1H3;1H/p-1. The van der Waals surface area contributed by atoms with Gasteiger partial charge in [0.15, 0.2) is 0 Å². The van der Waals surface area contributed by atoms with Gasteiger partial charge in [0.2, 0.25) is 0 Å². The second-order valence-corrected chi connectivity index (χ2v) is 1.62. The molecule has 0 atom stereocenters. The summed E-state index contributed by atoms with van der Waals surface area (Å²) in [6, 6.07) is 10.1. The van der Waals surface area contributed by atoms with Gasteiger partial charge in [-0.15, -0.1) is 0 Å². The van der Waals surface area contributed by atoms with E-state index in [9.17, 15) is 0 Å². The molecule has 0 bridgehead atoms. The molecule has 1 nitrogen and oxygen atoms in total. The molecule has 0 aliphatic heterocycles. The number of nitrogens with one attached hydrogen (secondary N) is 1. The van der Waals surface area contributed by atoms with Crippen LogP contribution in [0.3, 0.4) is 0 Å². The fourth-order valence-electron chi connectivity index (χ4n) is 0.605. The van der Waals surface area contributed by atoms with Gasteiger partial charge in [-0.2, -0.15) is 0 Å². The Bertz CT molecular complexity index is 150. The molecular formula is C7H9FN-. The molecule has 1 aromatic rings. The number of hydrogen-bond donors (Lipinski definition) is 1. The average molecular weight is 126 g/mol. The van der Waals surface area contributed by atoms with Crippen LogP contribution in [0, 0.1) is 0 Å². The molecule has 2 heteroatoms. The van der Waals surface area contributed by atoms with E-state index in [1.807, 2.05) is 37.4 Å². The summed E-state index contributed by atoms with van der Waals surface area (Å²) in [4.78, 5) is 0. The first-order valence-corrected chi connectivity index (χ1v) is 2.66. The van der Waals surface area contributed by atoms with Crippen LogP contribution in [0.25, 0.3) is 0 Å². The van der Waals surface area contributed by atoms with E-state index in [0.717, 1.165) is 5.69 Å². The van der Waals surface area contributed by atoms with Crippen molar-refractivity contribution in [2.45, 2.75) is 0 Å². The minimum Gasteiger partial charge on any atom is -1.00 e. The summed E-state index contributed by atoms with van der Waals surface area (Å²) >= 11 is 0. The topological polar surface area (TPSA) is 12.0 Å². The molecule has 0 aromatic heterocycles. The first kappa shape index (κ1) is 7.95. The lowest BCUT2D eigenvalue weighted by molar-refractivity contribution is -0.00000164. The summed E-state index contributed by atoms with van der Waals surface area (Å²) in [7, 11) is 1.91. The van der Waals surface area contributed by atoms with Gasteiger partial charge in [-0.25, -0.2) is 0 Å². The summed E-state index contributed by atoms with van der Waals surface area (Å²) in [5.41, 5.74) is 1.16. The van der Waals surface area contributed by atoms with Crippen molar-refractivity contribution in [2.75, 3.05) is 12.4 Å². The summed E-state index contributed by atoms with van der Waals surface area (Å²) < 4.78 is 0. The van der Waals surface area contributed by atoms with E-state index in [2.05, 4.69) is 5.32 Å². The molecule has 0 heterocycles. The van der Waals surface area contributed by atoms with Crippen molar-refractivity contribution in [1.29, 1.82) is 0 Å². The largest absolute Gasteiger partial charge is 1.00 e. The van der Waals surface area contributed by atoms with Gasteiger partial charge in [-0.3, -0.25) is 0 Å². The first-order valence-electron chi connectivity index (χ1n) is 2.66. The molecule has 0 spiro atoms. The molecule has 1 aromatic carbocycles. The van der Waals surface area contributed by atoms with Crippen LogP contribution in [0.1, 0.15) is 0 Å². The molecule has 50 valence electrons. The summed E-state index contributed by atoms with van der Waals surface area (Å²) in [6.45, 7) is 0. The SMILES string of the molecule is CNc1ccccc1.[F-]. The Morgan fingerprint density at radius 1 is 1.11 bits per heavy atom. The highest BCUT2D eigenvalue weighted by Crippen LogP contribution is 2.01. The Morgan fingerprint density at radius 3 is 2.00 bits per heavy atom. The third-order valence-electron chi connectivity index (χ3n) is 1.06. The third kappa shape index (κ3) is 2.13. The molecular weight excluding hydrogens is 117 g/mol. The number of para-hydroxylation sites is 1. The Kier molecular flexibility index (Phi) is 3.44. The summed E-state index contributed by atoms with van der Waals surface area (Å²) in [5.74, 6) is 0. The van der Waals surface area contributed by atoms with Gasteiger partial charge in [0.25, 0.3) is 0 Å². The van der Waals surface area contributed by atoms with E-state index >= 15 is 0 Å². The molecule has 0 unspecified atom stereocenters. The molecule has 0 aliphatic carbocycles. The fourth-order valence-corrected chi connectivity index (χ4v) is 0.605. The van der Waals surface area contributed by atoms with Gasteiger partial charge in [0, 0.05) is 12.7 Å². The van der Waals surface area contributed by atoms with E-state index in [1.54, 1.807) is 0 Å². The van der Waals surface area contributed by atoms with Crippen LogP contribution >= 0.6 is 0 Å². The van der Waals surface area contributed by atoms with Crippen LogP contribution in [0.4, 0.5) is 5.69 Å². The van der Waals surface area contributed by atoms with Gasteiger partial charge in [-0.1, -0.05) is 18.2 Å². The third-order valence-corrected chi connectivity index (χ3v) is 1.06. The number of benzene rings is 1. The minimum absolute atomic E-state index is 0. The summed E-state index contributed by atoms with van der Waals surface area (Å²) in [5, 5.41) is 3.03. The Labute approximate surface area is 54.1 Å². The lowest BCUT2D eigenvalue weighted by Gasteiger charge is -1.94. The molecule has 0 aliphatic rings. The molecule has 0 saturated heterocycles. The second kappa shape index (κ2) is 3.89. The lowest BCUT2D eigenvalue weighted by atomic mass is 10.3. The average Bonchev–Trinajstić information content (AvgIpc) is 1.90. The maximum absolute atomic E-state index is 3.03. The molecule has 0 saturated carbocycles. The first-order chi connectivity index (χ1) is 3.93. The van der Waals surface area contributed by atoms with Crippen LogP contribution in [0.5, 0.6) is 0 Å². The minimum atomic E-state index is 0. The van der Waals surface area contributed by atoms with E-state index in [1.165, 1.54) is 0 Å². The van der Waals surface area contributed by atoms with Crippen molar-refractivity contribution in [3.63, 3.8) is 0 Å². The normalized spacial score (nSPS) is 7.67. The van der Waals surface area contributed by atoms with Gasteiger partial charge < -0.3 is 10.0 Å². The predicted molar refractivity (Wildman–Crippen MR) is 36.0 cm³/mol. The molecule has 0 amide bonds. The molecule has 1 rings (SSSR count). The molecule has 1 N–H and O–H groups in total. The van der Waals surface area contributed by atoms with E-state index in [-0.39, 0.29) is 4.70 Å². The summed E-state index contributed by atoms with van der Waals surface area (Å²) in [6.07, 6.45) is 0. The number of hydrogen-bond acceptors (Lipinski definition) is 1. The van der Waals surface area contributed by atoms with E-state index < -0.39 is 0 Å². The van der Waals surface area contributed by atoms with Gasteiger partial charge in [0.05, 0.1) is 0 Å². The van der Waals surface area contributed by atoms with E-state index in [0.29, 0.717) is 0 Å². The van der Waals surface area contributed by atoms with Crippen molar-refractivity contribution < 1.29 is 4.70 Å². The number of halogens is 1. The Hall–Kier alpha value is -1.05. The van der Waals surface area contributed by atoms with Crippen molar-refractivity contribution in [1.82, 2.24) is 0 Å². The smallest absolute Gasteiger partial charge is 0.0337 e. The maximum Gasteiger partial charge on any atom is 0.0337 e. The molecule has 9 heavy (non-hydrogen) atoms. The fraction of sp³-hybridized carbons (Fsp3) is 0.143. The van der Waals surface area contributed by atoms with Crippen LogP contribution in [-0.4, -0.2) is 7.05 Å². The van der Waals surface area contributed by atoms with Crippen molar-refractivity contribution >= 4 is 5.69 Å². The van der Waals surface area contributed by atoms with Crippen LogP contribution < -0.4 is 10.0 Å². The van der Waals surface area contributed by atoms with Crippen LogP contribution in [-0.2, 0) is 0 Å². The monoisotopic (exact) mass is 126 g/mol. The van der Waals surface area contributed by atoms with Crippen LogP contribution in [0.15, 0.2) is 30.3 Å². The van der Waals surface area contributed by atoms with Crippen molar-refractivity contribution in [3.8, 4) is 0 Å². The molecule has 0 fully saturated rings. The second-order valence-electron chi connectivity index (χ2n) is 1.62. The van der Waals surface area contributed by atoms with Crippen molar-refractivity contribution in [3.05, 3.63) is 30.3 Å². The number of rotatable bonds is 1. The maximum atomic E-state index is 3.03. The quantitative estimate of drug-likeness (QED) is 0.495. The zero-order valence-corrected chi connectivity index (χ0v) is 5.26. The highest BCUT2D eigenvalue weighted by molar-refractivity contribution is 5.41. The highest BCUT2D eigenvalue weighted by Gasteiger charge is 1.77.